The fourth-order valence-electron chi connectivity index (χ4n) is 2.11. The van der Waals surface area contributed by atoms with Crippen LogP contribution in [0.5, 0.6) is 11.6 Å². The molecule has 21 heavy (non-hydrogen) atoms. The van der Waals surface area contributed by atoms with Crippen LogP contribution in [0, 0.1) is 5.92 Å². The highest BCUT2D eigenvalue weighted by Crippen LogP contribution is 2.31. The summed E-state index contributed by atoms with van der Waals surface area (Å²) in [7, 11) is 1.62. The van der Waals surface area contributed by atoms with Gasteiger partial charge in [-0.1, -0.05) is 40.0 Å². The molecule has 1 heterocycles. The van der Waals surface area contributed by atoms with Gasteiger partial charge >= 0.3 is 0 Å². The Hall–Kier alpha value is -1.52. The van der Waals surface area contributed by atoms with E-state index in [1.165, 1.54) is 25.6 Å². The molecular formula is C16H29N3O2. The second-order valence-electron chi connectivity index (χ2n) is 5.21. The number of methoxy groups -OCH3 is 1. The third kappa shape index (κ3) is 5.78. The van der Waals surface area contributed by atoms with Crippen LogP contribution in [-0.2, 0) is 0 Å². The molecule has 1 aromatic rings. The first-order chi connectivity index (χ1) is 10.3. The Morgan fingerprint density at radius 3 is 2.62 bits per heavy atom. The van der Waals surface area contributed by atoms with Gasteiger partial charge in [0.15, 0.2) is 5.82 Å². The maximum absolute atomic E-state index is 5.88. The molecule has 1 unspecified atom stereocenters. The van der Waals surface area contributed by atoms with E-state index in [9.17, 15) is 0 Å². The number of nitrogens with zero attached hydrogens (tertiary/aromatic N) is 2. The van der Waals surface area contributed by atoms with Gasteiger partial charge in [-0.3, -0.25) is 0 Å². The second kappa shape index (κ2) is 10.2. The van der Waals surface area contributed by atoms with E-state index >= 15 is 0 Å². The van der Waals surface area contributed by atoms with Gasteiger partial charge in [0.25, 0.3) is 5.88 Å². The summed E-state index contributed by atoms with van der Waals surface area (Å²) in [5.74, 6) is 2.39. The van der Waals surface area contributed by atoms with E-state index < -0.39 is 0 Å². The van der Waals surface area contributed by atoms with Crippen molar-refractivity contribution in [3.05, 3.63) is 6.33 Å². The van der Waals surface area contributed by atoms with Gasteiger partial charge in [0, 0.05) is 6.54 Å². The number of unbranched alkanes of at least 4 members (excludes halogenated alkanes) is 1. The molecule has 1 atom stereocenters. The van der Waals surface area contributed by atoms with Crippen molar-refractivity contribution in [1.29, 1.82) is 0 Å². The minimum absolute atomic E-state index is 0.529. The molecule has 0 saturated heterocycles. The van der Waals surface area contributed by atoms with Gasteiger partial charge in [-0.25, -0.2) is 4.98 Å². The Bertz CT molecular complexity index is 399. The highest BCUT2D eigenvalue weighted by atomic mass is 16.5. The van der Waals surface area contributed by atoms with Crippen LogP contribution in [0.1, 0.15) is 52.9 Å². The molecule has 1 rings (SSSR count). The molecule has 0 aromatic carbocycles. The minimum atomic E-state index is 0.529. The van der Waals surface area contributed by atoms with Crippen LogP contribution in [-0.4, -0.2) is 30.2 Å². The summed E-state index contributed by atoms with van der Waals surface area (Å²) in [6.07, 6.45) is 7.32. The highest BCUT2D eigenvalue weighted by molar-refractivity contribution is 5.54. The minimum Gasteiger partial charge on any atom is -0.489 e. The third-order valence-electron chi connectivity index (χ3n) is 3.52. The molecule has 5 nitrogen and oxygen atoms in total. The SMILES string of the molecule is CCCCC(CC)COc1ncnc(NCCC)c1OC. The van der Waals surface area contributed by atoms with E-state index in [-0.39, 0.29) is 0 Å². The van der Waals surface area contributed by atoms with Crippen molar-refractivity contribution in [2.45, 2.75) is 52.9 Å². The number of rotatable bonds is 11. The van der Waals surface area contributed by atoms with E-state index in [1.54, 1.807) is 7.11 Å². The molecule has 0 aliphatic rings. The number of anilines is 1. The molecule has 0 spiro atoms. The first-order valence-electron chi connectivity index (χ1n) is 8.02. The predicted molar refractivity (Wildman–Crippen MR) is 86.2 cm³/mol. The van der Waals surface area contributed by atoms with Crippen molar-refractivity contribution in [2.24, 2.45) is 5.92 Å². The summed E-state index contributed by atoms with van der Waals surface area (Å²) in [5, 5.41) is 3.23. The molecule has 0 bridgehead atoms. The Balaban J connectivity index is 2.68. The van der Waals surface area contributed by atoms with Gasteiger partial charge in [-0.15, -0.1) is 0 Å². The quantitative estimate of drug-likeness (QED) is 0.671. The van der Waals surface area contributed by atoms with Gasteiger partial charge in [0.1, 0.15) is 6.33 Å². The van der Waals surface area contributed by atoms with Crippen molar-refractivity contribution in [2.75, 3.05) is 25.6 Å². The molecule has 0 amide bonds. The maximum Gasteiger partial charge on any atom is 0.262 e. The van der Waals surface area contributed by atoms with Crippen LogP contribution in [0.3, 0.4) is 0 Å². The monoisotopic (exact) mass is 295 g/mol. The maximum atomic E-state index is 5.88. The molecular weight excluding hydrogens is 266 g/mol. The van der Waals surface area contributed by atoms with E-state index in [1.807, 2.05) is 0 Å². The average Bonchev–Trinajstić information content (AvgIpc) is 2.53. The lowest BCUT2D eigenvalue weighted by Crippen LogP contribution is -2.13. The van der Waals surface area contributed by atoms with Crippen LogP contribution in [0.25, 0.3) is 0 Å². The highest BCUT2D eigenvalue weighted by Gasteiger charge is 2.15. The summed E-state index contributed by atoms with van der Waals surface area (Å²) >= 11 is 0. The van der Waals surface area contributed by atoms with Crippen molar-refractivity contribution in [3.8, 4) is 11.6 Å². The second-order valence-corrected chi connectivity index (χ2v) is 5.21. The summed E-state index contributed by atoms with van der Waals surface area (Å²) in [6.45, 7) is 8.05. The average molecular weight is 295 g/mol. The lowest BCUT2D eigenvalue weighted by Gasteiger charge is -2.17. The zero-order valence-corrected chi connectivity index (χ0v) is 13.8. The van der Waals surface area contributed by atoms with E-state index in [0.29, 0.717) is 30.0 Å². The van der Waals surface area contributed by atoms with Crippen LogP contribution >= 0.6 is 0 Å². The Morgan fingerprint density at radius 2 is 2.00 bits per heavy atom. The first kappa shape index (κ1) is 17.5. The number of nitrogens with one attached hydrogen (secondary N) is 1. The summed E-state index contributed by atoms with van der Waals surface area (Å²) < 4.78 is 11.3. The van der Waals surface area contributed by atoms with Gasteiger partial charge in [0.05, 0.1) is 13.7 Å². The number of hydrogen-bond donors (Lipinski definition) is 1. The van der Waals surface area contributed by atoms with Crippen molar-refractivity contribution in [3.63, 3.8) is 0 Å². The molecule has 0 aliphatic heterocycles. The smallest absolute Gasteiger partial charge is 0.262 e. The number of aromatic nitrogens is 2. The van der Waals surface area contributed by atoms with Gasteiger partial charge in [0.2, 0.25) is 5.75 Å². The standard InChI is InChI=1S/C16H29N3O2/c1-5-8-9-13(7-3)11-21-16-14(20-4)15(17-10-6-2)18-12-19-16/h12-13H,5-11H2,1-4H3,(H,17,18,19). The van der Waals surface area contributed by atoms with E-state index in [4.69, 9.17) is 9.47 Å². The molecule has 5 heteroatoms. The molecule has 0 aliphatic carbocycles. The van der Waals surface area contributed by atoms with Crippen LogP contribution in [0.15, 0.2) is 6.33 Å². The van der Waals surface area contributed by atoms with Gasteiger partial charge in [-0.05, 0) is 18.8 Å². The molecule has 0 saturated carbocycles. The molecule has 120 valence electrons. The summed E-state index contributed by atoms with van der Waals surface area (Å²) in [6, 6.07) is 0. The van der Waals surface area contributed by atoms with E-state index in [2.05, 4.69) is 36.1 Å². The topological polar surface area (TPSA) is 56.3 Å². The van der Waals surface area contributed by atoms with Crippen LogP contribution in [0.2, 0.25) is 0 Å². The Kier molecular flexibility index (Phi) is 8.55. The molecule has 1 N–H and O–H groups in total. The number of hydrogen-bond acceptors (Lipinski definition) is 5. The fraction of sp³-hybridized carbons (Fsp3) is 0.750. The Morgan fingerprint density at radius 1 is 1.19 bits per heavy atom. The third-order valence-corrected chi connectivity index (χ3v) is 3.52. The number of ether oxygens (including phenoxy) is 2. The van der Waals surface area contributed by atoms with E-state index in [0.717, 1.165) is 19.4 Å². The molecule has 0 radical (unpaired) electrons. The zero-order valence-electron chi connectivity index (χ0n) is 13.8. The van der Waals surface area contributed by atoms with Crippen LogP contribution < -0.4 is 14.8 Å². The summed E-state index contributed by atoms with van der Waals surface area (Å²) in [5.41, 5.74) is 0. The lowest BCUT2D eigenvalue weighted by atomic mass is 10.0. The summed E-state index contributed by atoms with van der Waals surface area (Å²) in [4.78, 5) is 8.42. The van der Waals surface area contributed by atoms with Gasteiger partial charge < -0.3 is 14.8 Å². The van der Waals surface area contributed by atoms with Crippen molar-refractivity contribution < 1.29 is 9.47 Å². The largest absolute Gasteiger partial charge is 0.489 e. The lowest BCUT2D eigenvalue weighted by molar-refractivity contribution is 0.216. The Labute approximate surface area is 128 Å². The van der Waals surface area contributed by atoms with Gasteiger partial charge in [-0.2, -0.15) is 4.98 Å². The molecule has 0 fully saturated rings. The fourth-order valence-corrected chi connectivity index (χ4v) is 2.11. The normalized spacial score (nSPS) is 12.0. The van der Waals surface area contributed by atoms with Crippen molar-refractivity contribution >= 4 is 5.82 Å². The predicted octanol–water partition coefficient (Wildman–Crippen LogP) is 3.90. The zero-order chi connectivity index (χ0) is 15.5. The molecule has 1 aromatic heterocycles. The first-order valence-corrected chi connectivity index (χ1v) is 8.02. The van der Waals surface area contributed by atoms with Crippen molar-refractivity contribution in [1.82, 2.24) is 9.97 Å². The van der Waals surface area contributed by atoms with Crippen LogP contribution in [0.4, 0.5) is 5.82 Å².